The van der Waals surface area contributed by atoms with E-state index >= 15 is 0 Å². The molecule has 0 amide bonds. The molecule has 3 rings (SSSR count). The number of hydrogen-bond donors (Lipinski definition) is 0. The van der Waals surface area contributed by atoms with Crippen LogP contribution < -0.4 is 9.47 Å². The molecular formula is C18H14Cl2N2O4. The van der Waals surface area contributed by atoms with Crippen LogP contribution in [0, 0.1) is 0 Å². The Balaban J connectivity index is 1.58. The normalized spacial score (nSPS) is 10.6. The van der Waals surface area contributed by atoms with Crippen molar-refractivity contribution < 1.29 is 18.8 Å². The predicted octanol–water partition coefficient (Wildman–Crippen LogP) is 4.59. The van der Waals surface area contributed by atoms with E-state index in [9.17, 15) is 4.79 Å². The summed E-state index contributed by atoms with van der Waals surface area (Å²) in [5.41, 5.74) is 0.788. The number of halogens is 2. The highest BCUT2D eigenvalue weighted by Crippen LogP contribution is 2.28. The monoisotopic (exact) mass is 392 g/mol. The lowest BCUT2D eigenvalue weighted by molar-refractivity contribution is -0.134. The van der Waals surface area contributed by atoms with Crippen molar-refractivity contribution in [2.24, 2.45) is 0 Å². The molecule has 0 aliphatic carbocycles. The second kappa shape index (κ2) is 8.21. The Bertz CT molecular complexity index is 910. The molecule has 0 fully saturated rings. The lowest BCUT2D eigenvalue weighted by Crippen LogP contribution is -2.09. The minimum Gasteiger partial charge on any atom is -0.497 e. The van der Waals surface area contributed by atoms with E-state index in [1.54, 1.807) is 25.3 Å². The van der Waals surface area contributed by atoms with Gasteiger partial charge >= 0.3 is 5.97 Å². The van der Waals surface area contributed by atoms with E-state index in [1.807, 2.05) is 12.1 Å². The van der Waals surface area contributed by atoms with Crippen LogP contribution in [-0.2, 0) is 11.2 Å². The number of benzene rings is 2. The molecule has 0 aliphatic heterocycles. The van der Waals surface area contributed by atoms with E-state index in [0.717, 1.165) is 11.3 Å². The number of rotatable bonds is 6. The minimum atomic E-state index is -0.460. The number of aryl methyl sites for hydroxylation is 1. The number of ether oxygens (including phenoxy) is 2. The SMILES string of the molecule is COc1ccc(-c2noc(CCC(=O)Oc3ccc(Cl)cc3Cl)n2)cc1. The van der Waals surface area contributed by atoms with Gasteiger partial charge in [-0.1, -0.05) is 28.4 Å². The van der Waals surface area contributed by atoms with E-state index in [2.05, 4.69) is 10.1 Å². The van der Waals surface area contributed by atoms with Gasteiger partial charge in [0.2, 0.25) is 11.7 Å². The third-order valence-electron chi connectivity index (χ3n) is 3.48. The molecule has 6 nitrogen and oxygen atoms in total. The summed E-state index contributed by atoms with van der Waals surface area (Å²) < 4.78 is 15.5. The number of carbonyl (C=O) groups excluding carboxylic acids is 1. The molecule has 1 aromatic heterocycles. The zero-order valence-electron chi connectivity index (χ0n) is 13.7. The van der Waals surface area contributed by atoms with Gasteiger partial charge < -0.3 is 14.0 Å². The van der Waals surface area contributed by atoms with Crippen LogP contribution in [0.3, 0.4) is 0 Å². The molecule has 3 aromatic rings. The zero-order valence-corrected chi connectivity index (χ0v) is 15.3. The molecular weight excluding hydrogens is 379 g/mol. The molecule has 0 bridgehead atoms. The molecule has 0 aliphatic rings. The van der Waals surface area contributed by atoms with Crippen LogP contribution in [0.5, 0.6) is 11.5 Å². The zero-order chi connectivity index (χ0) is 18.5. The first kappa shape index (κ1) is 18.2. The van der Waals surface area contributed by atoms with Crippen molar-refractivity contribution in [3.8, 4) is 22.9 Å². The quantitative estimate of drug-likeness (QED) is 0.451. The maximum absolute atomic E-state index is 12.0. The largest absolute Gasteiger partial charge is 0.497 e. The third-order valence-corrected chi connectivity index (χ3v) is 4.01. The van der Waals surface area contributed by atoms with Crippen LogP contribution in [0.25, 0.3) is 11.4 Å². The molecule has 0 unspecified atom stereocenters. The van der Waals surface area contributed by atoms with Gasteiger partial charge in [-0.05, 0) is 42.5 Å². The Hall–Kier alpha value is -2.57. The van der Waals surface area contributed by atoms with Crippen molar-refractivity contribution in [3.05, 3.63) is 58.4 Å². The van der Waals surface area contributed by atoms with Gasteiger partial charge in [-0.25, -0.2) is 0 Å². The van der Waals surface area contributed by atoms with E-state index in [4.69, 9.17) is 37.2 Å². The Morgan fingerprint density at radius 2 is 1.92 bits per heavy atom. The van der Waals surface area contributed by atoms with Gasteiger partial charge in [-0.15, -0.1) is 0 Å². The minimum absolute atomic E-state index is 0.0726. The lowest BCUT2D eigenvalue weighted by Gasteiger charge is -2.05. The van der Waals surface area contributed by atoms with Crippen LogP contribution in [-0.4, -0.2) is 23.2 Å². The summed E-state index contributed by atoms with van der Waals surface area (Å²) >= 11 is 11.8. The summed E-state index contributed by atoms with van der Waals surface area (Å²) in [6, 6.07) is 11.9. The first-order valence-electron chi connectivity index (χ1n) is 7.68. The molecule has 0 saturated carbocycles. The molecule has 1 heterocycles. The second-order valence-electron chi connectivity index (χ2n) is 5.29. The van der Waals surface area contributed by atoms with E-state index in [0.29, 0.717) is 16.7 Å². The van der Waals surface area contributed by atoms with E-state index < -0.39 is 5.97 Å². The highest BCUT2D eigenvalue weighted by atomic mass is 35.5. The van der Waals surface area contributed by atoms with Gasteiger partial charge in [-0.2, -0.15) is 4.98 Å². The number of aromatic nitrogens is 2. The fraction of sp³-hybridized carbons (Fsp3) is 0.167. The molecule has 26 heavy (non-hydrogen) atoms. The highest BCUT2D eigenvalue weighted by Gasteiger charge is 2.13. The fourth-order valence-electron chi connectivity index (χ4n) is 2.15. The Kier molecular flexibility index (Phi) is 5.75. The first-order valence-corrected chi connectivity index (χ1v) is 8.43. The predicted molar refractivity (Wildman–Crippen MR) is 96.7 cm³/mol. The lowest BCUT2D eigenvalue weighted by atomic mass is 10.2. The van der Waals surface area contributed by atoms with Crippen LogP contribution in [0.4, 0.5) is 0 Å². The average molecular weight is 393 g/mol. The van der Waals surface area contributed by atoms with E-state index in [-0.39, 0.29) is 23.6 Å². The Morgan fingerprint density at radius 3 is 2.62 bits per heavy atom. The van der Waals surface area contributed by atoms with Gasteiger partial charge in [0.1, 0.15) is 11.5 Å². The molecule has 0 N–H and O–H groups in total. The van der Waals surface area contributed by atoms with Crippen LogP contribution in [0.1, 0.15) is 12.3 Å². The van der Waals surface area contributed by atoms with E-state index in [1.165, 1.54) is 12.1 Å². The first-order chi connectivity index (χ1) is 12.5. The van der Waals surface area contributed by atoms with Gasteiger partial charge in [0, 0.05) is 17.0 Å². The highest BCUT2D eigenvalue weighted by molar-refractivity contribution is 6.35. The van der Waals surface area contributed by atoms with Gasteiger partial charge in [0.15, 0.2) is 0 Å². The summed E-state index contributed by atoms with van der Waals surface area (Å²) in [4.78, 5) is 16.2. The van der Waals surface area contributed by atoms with Crippen molar-refractivity contribution in [1.29, 1.82) is 0 Å². The fourth-order valence-corrected chi connectivity index (χ4v) is 2.60. The van der Waals surface area contributed by atoms with Gasteiger partial charge in [0.25, 0.3) is 0 Å². The van der Waals surface area contributed by atoms with Crippen molar-refractivity contribution in [1.82, 2.24) is 10.1 Å². The number of nitrogens with zero attached hydrogens (tertiary/aromatic N) is 2. The summed E-state index contributed by atoms with van der Waals surface area (Å²) in [5, 5.41) is 4.65. The maximum Gasteiger partial charge on any atom is 0.311 e. The summed E-state index contributed by atoms with van der Waals surface area (Å²) in [7, 11) is 1.60. The van der Waals surface area contributed by atoms with Gasteiger partial charge in [-0.3, -0.25) is 4.79 Å². The van der Waals surface area contributed by atoms with Crippen LogP contribution in [0.2, 0.25) is 10.0 Å². The molecule has 0 radical (unpaired) electrons. The summed E-state index contributed by atoms with van der Waals surface area (Å²) in [6.07, 6.45) is 0.330. The topological polar surface area (TPSA) is 74.5 Å². The Morgan fingerprint density at radius 1 is 1.15 bits per heavy atom. The van der Waals surface area contributed by atoms with Gasteiger partial charge in [0.05, 0.1) is 18.6 Å². The van der Waals surface area contributed by atoms with Crippen molar-refractivity contribution in [2.45, 2.75) is 12.8 Å². The third kappa shape index (κ3) is 4.53. The average Bonchev–Trinajstić information content (AvgIpc) is 3.11. The number of methoxy groups -OCH3 is 1. The van der Waals surface area contributed by atoms with Crippen molar-refractivity contribution in [2.75, 3.05) is 7.11 Å². The number of hydrogen-bond acceptors (Lipinski definition) is 6. The summed E-state index contributed by atoms with van der Waals surface area (Å²) in [5.74, 6) is 1.32. The molecule has 134 valence electrons. The van der Waals surface area contributed by atoms with Crippen LogP contribution in [0.15, 0.2) is 47.0 Å². The molecule has 0 saturated heterocycles. The number of esters is 1. The molecule has 2 aromatic carbocycles. The molecule has 0 atom stereocenters. The maximum atomic E-state index is 12.0. The molecule has 0 spiro atoms. The van der Waals surface area contributed by atoms with Crippen LogP contribution >= 0.6 is 23.2 Å². The molecule has 8 heteroatoms. The standard InChI is InChI=1S/C18H14Cl2N2O4/c1-24-13-5-2-11(3-6-13)18-21-16(26-22-18)8-9-17(23)25-15-7-4-12(19)10-14(15)20/h2-7,10H,8-9H2,1H3. The van der Waals surface area contributed by atoms with Crippen molar-refractivity contribution >= 4 is 29.2 Å². The Labute approximate surface area is 159 Å². The van der Waals surface area contributed by atoms with Crippen molar-refractivity contribution in [3.63, 3.8) is 0 Å². The number of carbonyl (C=O) groups is 1. The summed E-state index contributed by atoms with van der Waals surface area (Å²) in [6.45, 7) is 0. The second-order valence-corrected chi connectivity index (χ2v) is 6.13. The smallest absolute Gasteiger partial charge is 0.311 e.